The zero-order valence-electron chi connectivity index (χ0n) is 16.2. The van der Waals surface area contributed by atoms with Crippen LogP contribution in [0.3, 0.4) is 0 Å². The lowest BCUT2D eigenvalue weighted by Crippen LogP contribution is -2.53. The maximum Gasteiger partial charge on any atom is 0.407 e. The molecule has 1 aromatic carbocycles. The summed E-state index contributed by atoms with van der Waals surface area (Å²) in [6.45, 7) is 1.96. The summed E-state index contributed by atoms with van der Waals surface area (Å²) < 4.78 is 9.62. The fourth-order valence-electron chi connectivity index (χ4n) is 2.35. The first-order valence-electron chi connectivity index (χ1n) is 9.11. The predicted molar refractivity (Wildman–Crippen MR) is 102 cm³/mol. The van der Waals surface area contributed by atoms with E-state index in [9.17, 15) is 19.5 Å². The lowest BCUT2D eigenvalue weighted by molar-refractivity contribution is -0.148. The summed E-state index contributed by atoms with van der Waals surface area (Å²) in [7, 11) is 1.17. The highest BCUT2D eigenvalue weighted by Crippen LogP contribution is 2.03. The van der Waals surface area contributed by atoms with E-state index in [0.717, 1.165) is 5.56 Å². The van der Waals surface area contributed by atoms with Gasteiger partial charge in [0.15, 0.2) is 6.04 Å². The smallest absolute Gasteiger partial charge is 0.407 e. The molecule has 5 N–H and O–H groups in total. The fourth-order valence-corrected chi connectivity index (χ4v) is 2.35. The van der Waals surface area contributed by atoms with E-state index in [1.165, 1.54) is 14.0 Å². The van der Waals surface area contributed by atoms with Gasteiger partial charge in [-0.15, -0.1) is 0 Å². The first-order chi connectivity index (χ1) is 13.3. The Hall–Kier alpha value is -2.65. The van der Waals surface area contributed by atoms with Crippen molar-refractivity contribution >= 4 is 18.0 Å². The number of ether oxygens (including phenoxy) is 2. The van der Waals surface area contributed by atoms with E-state index in [1.54, 1.807) is 0 Å². The van der Waals surface area contributed by atoms with Gasteiger partial charge in [-0.05, 0) is 31.7 Å². The summed E-state index contributed by atoms with van der Waals surface area (Å²) >= 11 is 0. The van der Waals surface area contributed by atoms with Crippen LogP contribution in [0.2, 0.25) is 0 Å². The van der Waals surface area contributed by atoms with Crippen LogP contribution in [0.25, 0.3) is 0 Å². The van der Waals surface area contributed by atoms with E-state index in [0.29, 0.717) is 25.8 Å². The van der Waals surface area contributed by atoms with E-state index >= 15 is 0 Å². The Kier molecular flexibility index (Phi) is 10.6. The van der Waals surface area contributed by atoms with Gasteiger partial charge >= 0.3 is 12.1 Å². The SMILES string of the molecule is COC(=O)[C@H](NC(=O)[C@H](N)CCCCNC(=O)OCc1ccccc1)[C@H](C)O. The van der Waals surface area contributed by atoms with Crippen LogP contribution in [0.4, 0.5) is 4.79 Å². The number of hydrogen-bond donors (Lipinski definition) is 4. The third kappa shape index (κ3) is 8.83. The van der Waals surface area contributed by atoms with Crippen LogP contribution >= 0.6 is 0 Å². The van der Waals surface area contributed by atoms with Crippen molar-refractivity contribution in [1.82, 2.24) is 10.6 Å². The molecule has 9 heteroatoms. The van der Waals surface area contributed by atoms with Gasteiger partial charge in [-0.1, -0.05) is 30.3 Å². The molecule has 0 saturated carbocycles. The van der Waals surface area contributed by atoms with E-state index in [-0.39, 0.29) is 6.61 Å². The van der Waals surface area contributed by atoms with E-state index in [1.807, 2.05) is 30.3 Å². The number of rotatable bonds is 11. The molecule has 1 rings (SSSR count). The van der Waals surface area contributed by atoms with Crippen molar-refractivity contribution in [3.05, 3.63) is 35.9 Å². The number of alkyl carbamates (subject to hydrolysis) is 1. The zero-order valence-corrected chi connectivity index (χ0v) is 16.2. The van der Waals surface area contributed by atoms with Gasteiger partial charge in [-0.2, -0.15) is 0 Å². The molecule has 0 heterocycles. The molecular weight excluding hydrogens is 366 g/mol. The van der Waals surface area contributed by atoms with Crippen LogP contribution in [0.5, 0.6) is 0 Å². The third-order valence-electron chi connectivity index (χ3n) is 4.00. The number of nitrogens with one attached hydrogen (secondary N) is 2. The second-order valence-electron chi connectivity index (χ2n) is 6.34. The first-order valence-corrected chi connectivity index (χ1v) is 9.11. The van der Waals surface area contributed by atoms with Gasteiger partial charge in [0.25, 0.3) is 0 Å². The largest absolute Gasteiger partial charge is 0.467 e. The number of methoxy groups -OCH3 is 1. The highest BCUT2D eigenvalue weighted by Gasteiger charge is 2.28. The summed E-state index contributed by atoms with van der Waals surface area (Å²) in [6.07, 6.45) is -0.0534. The van der Waals surface area contributed by atoms with Crippen LogP contribution in [0.15, 0.2) is 30.3 Å². The summed E-state index contributed by atoms with van der Waals surface area (Å²) in [6, 6.07) is 7.34. The number of benzene rings is 1. The summed E-state index contributed by atoms with van der Waals surface area (Å²) in [5.41, 5.74) is 6.70. The predicted octanol–water partition coefficient (Wildman–Crippen LogP) is 0.449. The fraction of sp³-hybridized carbons (Fsp3) is 0.526. The highest BCUT2D eigenvalue weighted by atomic mass is 16.5. The molecule has 0 radical (unpaired) electrons. The second-order valence-corrected chi connectivity index (χ2v) is 6.34. The topological polar surface area (TPSA) is 140 Å². The molecule has 3 atom stereocenters. The van der Waals surface area contributed by atoms with E-state index < -0.39 is 36.2 Å². The third-order valence-corrected chi connectivity index (χ3v) is 4.00. The Balaban J connectivity index is 2.19. The maximum atomic E-state index is 12.0. The van der Waals surface area contributed by atoms with Gasteiger partial charge in [0.05, 0.1) is 19.3 Å². The van der Waals surface area contributed by atoms with Crippen LogP contribution in [-0.2, 0) is 25.7 Å². The molecule has 1 aromatic rings. The van der Waals surface area contributed by atoms with Crippen molar-refractivity contribution in [3.63, 3.8) is 0 Å². The molecule has 0 aromatic heterocycles. The van der Waals surface area contributed by atoms with Crippen molar-refractivity contribution in [2.75, 3.05) is 13.7 Å². The van der Waals surface area contributed by atoms with Crippen molar-refractivity contribution in [2.24, 2.45) is 5.73 Å². The minimum absolute atomic E-state index is 0.197. The molecule has 28 heavy (non-hydrogen) atoms. The average molecular weight is 395 g/mol. The molecule has 0 saturated heterocycles. The Morgan fingerprint density at radius 1 is 1.18 bits per heavy atom. The molecule has 0 spiro atoms. The van der Waals surface area contributed by atoms with Crippen molar-refractivity contribution < 1.29 is 29.0 Å². The Morgan fingerprint density at radius 3 is 2.46 bits per heavy atom. The second kappa shape index (κ2) is 12.7. The van der Waals surface area contributed by atoms with Gasteiger partial charge in [0.1, 0.15) is 6.61 Å². The molecule has 9 nitrogen and oxygen atoms in total. The van der Waals surface area contributed by atoms with Gasteiger partial charge in [0.2, 0.25) is 5.91 Å². The number of carbonyl (C=O) groups excluding carboxylic acids is 3. The van der Waals surface area contributed by atoms with Crippen molar-refractivity contribution in [2.45, 2.75) is 51.0 Å². The molecular formula is C19H29N3O6. The maximum absolute atomic E-state index is 12.0. The molecule has 0 aliphatic rings. The number of carbonyl (C=O) groups is 3. The number of amides is 2. The van der Waals surface area contributed by atoms with Crippen LogP contribution in [0.1, 0.15) is 31.7 Å². The molecule has 0 aliphatic carbocycles. The summed E-state index contributed by atoms with van der Waals surface area (Å²) in [5, 5.41) is 14.6. The number of esters is 1. The normalized spacial score (nSPS) is 13.7. The molecule has 156 valence electrons. The molecule has 0 bridgehead atoms. The number of unbranched alkanes of at least 4 members (excludes halogenated alkanes) is 1. The highest BCUT2D eigenvalue weighted by molar-refractivity contribution is 5.87. The quantitative estimate of drug-likeness (QED) is 0.315. The van der Waals surface area contributed by atoms with Gasteiger partial charge in [0, 0.05) is 6.54 Å². The lowest BCUT2D eigenvalue weighted by atomic mass is 10.1. The van der Waals surface area contributed by atoms with Crippen LogP contribution < -0.4 is 16.4 Å². The monoisotopic (exact) mass is 395 g/mol. The zero-order chi connectivity index (χ0) is 20.9. The Labute approximate surface area is 164 Å². The van der Waals surface area contributed by atoms with Gasteiger partial charge < -0.3 is 30.9 Å². The molecule has 0 unspecified atom stereocenters. The molecule has 2 amide bonds. The van der Waals surface area contributed by atoms with Crippen molar-refractivity contribution in [3.8, 4) is 0 Å². The average Bonchev–Trinajstić information content (AvgIpc) is 2.69. The number of aliphatic hydroxyl groups is 1. The van der Waals surface area contributed by atoms with Crippen LogP contribution in [-0.4, -0.2) is 54.9 Å². The standard InChI is InChI=1S/C19H29N3O6/c1-13(23)16(18(25)27-2)22-17(24)15(20)10-6-7-11-21-19(26)28-12-14-8-4-3-5-9-14/h3-5,8-9,13,15-16,23H,6-7,10-12,20H2,1-2H3,(H,21,26)(H,22,24)/t13-,15+,16+/m0/s1. The molecule has 0 fully saturated rings. The van der Waals surface area contributed by atoms with Crippen molar-refractivity contribution in [1.29, 1.82) is 0 Å². The minimum atomic E-state index is -1.16. The first kappa shape index (κ1) is 23.4. The van der Waals surface area contributed by atoms with Gasteiger partial charge in [-0.25, -0.2) is 9.59 Å². The Bertz CT molecular complexity index is 623. The van der Waals surface area contributed by atoms with E-state index in [2.05, 4.69) is 15.4 Å². The summed E-state index contributed by atoms with van der Waals surface area (Å²) in [4.78, 5) is 35.2. The summed E-state index contributed by atoms with van der Waals surface area (Å²) in [5.74, 6) is -1.29. The van der Waals surface area contributed by atoms with Crippen LogP contribution in [0, 0.1) is 0 Å². The lowest BCUT2D eigenvalue weighted by Gasteiger charge is -2.21. The number of hydrogen-bond acceptors (Lipinski definition) is 7. The van der Waals surface area contributed by atoms with Gasteiger partial charge in [-0.3, -0.25) is 4.79 Å². The number of nitrogens with two attached hydrogens (primary N) is 1. The Morgan fingerprint density at radius 2 is 1.86 bits per heavy atom. The number of aliphatic hydroxyl groups excluding tert-OH is 1. The molecule has 0 aliphatic heterocycles. The minimum Gasteiger partial charge on any atom is -0.467 e. The van der Waals surface area contributed by atoms with E-state index in [4.69, 9.17) is 10.5 Å².